The first-order chi connectivity index (χ1) is 8.33. The van der Waals surface area contributed by atoms with Crippen LogP contribution in [0.5, 0.6) is 0 Å². The maximum Gasteiger partial charge on any atom is 2.00 e. The molecule has 19 heavy (non-hydrogen) atoms. The zero-order valence-corrected chi connectivity index (χ0v) is 13.2. The fourth-order valence-corrected chi connectivity index (χ4v) is 0.408. The Labute approximate surface area is 121 Å². The molecule has 0 aliphatic heterocycles. The van der Waals surface area contributed by atoms with Crippen LogP contribution in [0.4, 0.5) is 0 Å². The van der Waals surface area contributed by atoms with Gasteiger partial charge in [-0.15, -0.1) is 0 Å². The Hall–Kier alpha value is -2.02. The van der Waals surface area contributed by atoms with E-state index in [1.54, 1.807) is 0 Å². The minimum atomic E-state index is -1.42. The van der Waals surface area contributed by atoms with Crippen molar-refractivity contribution in [2.24, 2.45) is 0 Å². The third-order valence-corrected chi connectivity index (χ3v) is 1.11. The summed E-state index contributed by atoms with van der Waals surface area (Å²) in [7, 11) is 2.31. The maximum absolute atomic E-state index is 10.1. The van der Waals surface area contributed by atoms with E-state index in [0.717, 1.165) is 26.4 Å². The van der Waals surface area contributed by atoms with E-state index in [-0.39, 0.29) is 19.5 Å². The van der Waals surface area contributed by atoms with Gasteiger partial charge in [-0.05, 0) is 12.2 Å². The zero-order valence-electron chi connectivity index (χ0n) is 10.3. The van der Waals surface area contributed by atoms with Gasteiger partial charge >= 0.3 is 31.4 Å². The molecule has 0 aliphatic rings. The summed E-state index contributed by atoms with van der Waals surface area (Å²) in [5.41, 5.74) is 0. The molecule has 0 fully saturated rings. The van der Waals surface area contributed by atoms with Crippen LogP contribution in [0.2, 0.25) is 0 Å². The van der Waals surface area contributed by atoms with Gasteiger partial charge in [-0.2, -0.15) is 0 Å². The summed E-state index contributed by atoms with van der Waals surface area (Å²) in [5, 5.41) is 19.2. The normalized spacial score (nSPS) is 8.95. The van der Waals surface area contributed by atoms with Gasteiger partial charge in [0.05, 0.1) is 26.2 Å². The van der Waals surface area contributed by atoms with E-state index in [1.165, 1.54) is 0 Å². The van der Waals surface area contributed by atoms with Crippen molar-refractivity contribution < 1.29 is 58.3 Å². The molecule has 0 saturated heterocycles. The smallest absolute Gasteiger partial charge is 0.545 e. The van der Waals surface area contributed by atoms with Gasteiger partial charge in [-0.3, -0.25) is 0 Å². The monoisotopic (exact) mass is 322 g/mol. The number of hydrogen-bond donors (Lipinski definition) is 0. The molecule has 100 valence electrons. The molecule has 8 nitrogen and oxygen atoms in total. The fourth-order valence-electron chi connectivity index (χ4n) is 0.408. The van der Waals surface area contributed by atoms with Crippen LogP contribution in [0.3, 0.4) is 0 Å². The number of aliphatic carboxylic acids is 2. The summed E-state index contributed by atoms with van der Waals surface area (Å²) >= 11 is 0. The molecule has 0 atom stereocenters. The van der Waals surface area contributed by atoms with E-state index in [9.17, 15) is 29.4 Å². The third kappa shape index (κ3) is 21.8. The summed E-state index contributed by atoms with van der Waals surface area (Å²) < 4.78 is 8.17. The second kappa shape index (κ2) is 14.0. The predicted molar refractivity (Wildman–Crippen MR) is 52.3 cm³/mol. The predicted octanol–water partition coefficient (Wildman–Crippen LogP) is -3.07. The topological polar surface area (TPSA) is 133 Å². The van der Waals surface area contributed by atoms with Gasteiger partial charge < -0.3 is 29.3 Å². The largest absolute Gasteiger partial charge is 2.00 e. The molecular weight excluding hydrogens is 313 g/mol. The van der Waals surface area contributed by atoms with E-state index in [4.69, 9.17) is 0 Å². The number of ether oxygens (including phenoxy) is 2. The molecule has 0 aromatic heterocycles. The van der Waals surface area contributed by atoms with Crippen LogP contribution < -0.4 is 10.2 Å². The molecule has 0 aliphatic carbocycles. The summed E-state index contributed by atoms with van der Waals surface area (Å²) in [4.78, 5) is 39.5. The van der Waals surface area contributed by atoms with E-state index in [2.05, 4.69) is 9.47 Å². The van der Waals surface area contributed by atoms with Crippen LogP contribution in [0, 0.1) is 0 Å². The van der Waals surface area contributed by atoms with Crippen LogP contribution >= 0.6 is 0 Å². The Bertz CT molecular complexity index is 336. The van der Waals surface area contributed by atoms with Gasteiger partial charge in [-0.25, -0.2) is 9.59 Å². The average Bonchev–Trinajstić information content (AvgIpc) is 2.33. The molecular formula is C10H10O8Zn. The summed E-state index contributed by atoms with van der Waals surface area (Å²) in [6.07, 6.45) is 2.75. The summed E-state index contributed by atoms with van der Waals surface area (Å²) in [6, 6.07) is 0. The van der Waals surface area contributed by atoms with Crippen molar-refractivity contribution in [3.05, 3.63) is 24.3 Å². The minimum absolute atomic E-state index is 0. The molecule has 0 aromatic rings. The average molecular weight is 324 g/mol. The number of rotatable bonds is 4. The molecule has 9 heteroatoms. The fraction of sp³-hybridized carbons (Fsp3) is 0.200. The van der Waals surface area contributed by atoms with Gasteiger partial charge in [0.15, 0.2) is 0 Å². The number of carbonyl (C=O) groups excluding carboxylic acids is 4. The Morgan fingerprint density at radius 3 is 1.16 bits per heavy atom. The standard InChI is InChI=1S/2C5H6O4.Zn/c2*1-9-5(8)3-2-4(6)7;/h2*2-3H,1H3,(H,6,7);/q;;+2/p-2/b2*3-2+;. The van der Waals surface area contributed by atoms with Gasteiger partial charge in [0.25, 0.3) is 0 Å². The van der Waals surface area contributed by atoms with Gasteiger partial charge in [0, 0.05) is 12.2 Å². The quantitative estimate of drug-likeness (QED) is 0.302. The van der Waals surface area contributed by atoms with Gasteiger partial charge in [0.1, 0.15) is 0 Å². The van der Waals surface area contributed by atoms with Crippen molar-refractivity contribution in [3.8, 4) is 0 Å². The van der Waals surface area contributed by atoms with Crippen molar-refractivity contribution in [2.75, 3.05) is 14.2 Å². The van der Waals surface area contributed by atoms with Crippen molar-refractivity contribution in [1.29, 1.82) is 0 Å². The van der Waals surface area contributed by atoms with Crippen LogP contribution in [0.25, 0.3) is 0 Å². The Balaban J connectivity index is -0.000000256. The number of carbonyl (C=O) groups is 4. The second-order valence-electron chi connectivity index (χ2n) is 2.35. The summed E-state index contributed by atoms with van der Waals surface area (Å²) in [5.74, 6) is -4.25. The minimum Gasteiger partial charge on any atom is -0.545 e. The molecule has 0 aromatic carbocycles. The maximum atomic E-state index is 10.1. The van der Waals surface area contributed by atoms with Crippen molar-refractivity contribution >= 4 is 23.9 Å². The second-order valence-corrected chi connectivity index (χ2v) is 2.35. The first-order valence-corrected chi connectivity index (χ1v) is 4.27. The van der Waals surface area contributed by atoms with E-state index < -0.39 is 23.9 Å². The van der Waals surface area contributed by atoms with Crippen LogP contribution in [-0.4, -0.2) is 38.1 Å². The number of methoxy groups -OCH3 is 2. The Morgan fingerprint density at radius 2 is 1.00 bits per heavy atom. The van der Waals surface area contributed by atoms with Crippen LogP contribution in [0.15, 0.2) is 24.3 Å². The first-order valence-electron chi connectivity index (χ1n) is 4.27. The third-order valence-electron chi connectivity index (χ3n) is 1.11. The van der Waals surface area contributed by atoms with Crippen molar-refractivity contribution in [1.82, 2.24) is 0 Å². The molecule has 0 saturated carbocycles. The number of esters is 2. The van der Waals surface area contributed by atoms with E-state index in [0.29, 0.717) is 12.2 Å². The van der Waals surface area contributed by atoms with Crippen molar-refractivity contribution in [3.63, 3.8) is 0 Å². The molecule has 0 N–H and O–H groups in total. The number of carboxylic acids is 2. The van der Waals surface area contributed by atoms with E-state index in [1.807, 2.05) is 0 Å². The van der Waals surface area contributed by atoms with Gasteiger partial charge in [-0.1, -0.05) is 0 Å². The Morgan fingerprint density at radius 1 is 0.737 bits per heavy atom. The van der Waals surface area contributed by atoms with Crippen LogP contribution in [0.1, 0.15) is 0 Å². The van der Waals surface area contributed by atoms with Crippen molar-refractivity contribution in [2.45, 2.75) is 0 Å². The molecule has 0 rings (SSSR count). The SMILES string of the molecule is COC(=O)/C=C/C(=O)[O-].COC(=O)/C=C/C(=O)[O-].[Zn+2]. The summed E-state index contributed by atoms with van der Waals surface area (Å²) in [6.45, 7) is 0. The molecule has 0 unspecified atom stereocenters. The van der Waals surface area contributed by atoms with E-state index >= 15 is 0 Å². The number of carboxylic acid groups (broad SMARTS) is 2. The van der Waals surface area contributed by atoms with Gasteiger partial charge in [0.2, 0.25) is 0 Å². The first kappa shape index (κ1) is 22.2. The number of hydrogen-bond acceptors (Lipinski definition) is 8. The molecule has 0 amide bonds. The zero-order chi connectivity index (χ0) is 14.6. The molecule has 0 heterocycles. The van der Waals surface area contributed by atoms with Crippen LogP contribution in [-0.2, 0) is 48.1 Å². The molecule has 0 radical (unpaired) electrons. The molecule has 0 spiro atoms. The molecule has 0 bridgehead atoms. The Kier molecular flexibility index (Phi) is 16.4.